The maximum Gasteiger partial charge on any atom is 0.270 e. The van der Waals surface area contributed by atoms with Crippen LogP contribution in [0.2, 0.25) is 0 Å². The van der Waals surface area contributed by atoms with Crippen molar-refractivity contribution in [1.29, 1.82) is 0 Å². The summed E-state index contributed by atoms with van der Waals surface area (Å²) < 4.78 is 5.84. The first kappa shape index (κ1) is 24.1. The van der Waals surface area contributed by atoms with Gasteiger partial charge in [0.2, 0.25) is 17.8 Å². The maximum atomic E-state index is 11.1. The molecule has 0 fully saturated rings. The molecule has 0 aliphatic rings. The van der Waals surface area contributed by atoms with E-state index >= 15 is 0 Å². The van der Waals surface area contributed by atoms with Crippen LogP contribution in [-0.2, 0) is 0 Å². The first-order chi connectivity index (χ1) is 18.5. The number of nitro groups is 1. The van der Waals surface area contributed by atoms with E-state index in [1.165, 1.54) is 18.3 Å². The van der Waals surface area contributed by atoms with Crippen LogP contribution in [0, 0.1) is 17.0 Å². The summed E-state index contributed by atoms with van der Waals surface area (Å²) in [7, 11) is 0. The van der Waals surface area contributed by atoms with Gasteiger partial charge in [0, 0.05) is 29.1 Å². The van der Waals surface area contributed by atoms with Gasteiger partial charge in [0.05, 0.1) is 11.1 Å². The fourth-order valence-corrected chi connectivity index (χ4v) is 3.55. The number of hydrogen-bond acceptors (Lipinski definition) is 10. The molecule has 2 aromatic heterocycles. The van der Waals surface area contributed by atoms with Crippen molar-refractivity contribution in [3.05, 3.63) is 112 Å². The van der Waals surface area contributed by atoms with E-state index in [1.807, 2.05) is 67.6 Å². The van der Waals surface area contributed by atoms with Gasteiger partial charge < -0.3 is 15.1 Å². The molecule has 0 amide bonds. The predicted octanol–water partition coefficient (Wildman–Crippen LogP) is 6.28. The van der Waals surface area contributed by atoms with Gasteiger partial charge in [0.25, 0.3) is 5.69 Å². The third kappa shape index (κ3) is 5.97. The zero-order valence-electron chi connectivity index (χ0n) is 20.2. The lowest BCUT2D eigenvalue weighted by Gasteiger charge is -2.10. The molecule has 0 atom stereocenters. The first-order valence-corrected chi connectivity index (χ1v) is 11.6. The molecule has 0 radical (unpaired) electrons. The SMILES string of the molecule is Cc1ccc([N+](=O)[O-])cc1-c1ccc(/C=N\Nc2nc(Nc3ccccc3)nc(Nc3ccccc3)n2)o1. The Labute approximate surface area is 217 Å². The number of hydrazone groups is 1. The van der Waals surface area contributed by atoms with Crippen LogP contribution < -0.4 is 16.1 Å². The van der Waals surface area contributed by atoms with E-state index in [-0.39, 0.29) is 11.6 Å². The number of hydrogen-bond donors (Lipinski definition) is 3. The molecule has 3 N–H and O–H groups in total. The molecule has 0 spiro atoms. The van der Waals surface area contributed by atoms with Crippen LogP contribution in [0.5, 0.6) is 0 Å². The van der Waals surface area contributed by atoms with Crippen molar-refractivity contribution in [1.82, 2.24) is 15.0 Å². The topological polar surface area (TPSA) is 143 Å². The van der Waals surface area contributed by atoms with Gasteiger partial charge in [-0.2, -0.15) is 20.1 Å². The predicted molar refractivity (Wildman–Crippen MR) is 146 cm³/mol. The molecule has 0 bridgehead atoms. The van der Waals surface area contributed by atoms with Gasteiger partial charge in [-0.15, -0.1) is 0 Å². The van der Waals surface area contributed by atoms with Crippen LogP contribution in [0.25, 0.3) is 11.3 Å². The first-order valence-electron chi connectivity index (χ1n) is 11.6. The van der Waals surface area contributed by atoms with E-state index < -0.39 is 4.92 Å². The largest absolute Gasteiger partial charge is 0.455 e. The number of nitrogens with zero attached hydrogens (tertiary/aromatic N) is 5. The van der Waals surface area contributed by atoms with Crippen molar-refractivity contribution in [2.75, 3.05) is 16.1 Å². The Balaban J connectivity index is 1.35. The lowest BCUT2D eigenvalue weighted by Crippen LogP contribution is -2.07. The Morgan fingerprint density at radius 1 is 0.816 bits per heavy atom. The monoisotopic (exact) mass is 506 g/mol. The standard InChI is InChI=1S/C27H22N8O3/c1-18-12-13-21(35(36)37)16-23(18)24-15-14-22(38-24)17-28-34-27-32-25(29-19-8-4-2-5-9-19)31-26(33-27)30-20-10-6-3-7-11-20/h2-17H,1H3,(H3,29,30,31,32,33,34)/b28-17-. The molecule has 5 aromatic rings. The Morgan fingerprint density at radius 3 is 2.03 bits per heavy atom. The summed E-state index contributed by atoms with van der Waals surface area (Å²) in [6, 6.07) is 27.2. The van der Waals surface area contributed by atoms with Crippen LogP contribution in [-0.4, -0.2) is 26.1 Å². The summed E-state index contributed by atoms with van der Waals surface area (Å²) >= 11 is 0. The Hall–Kier alpha value is -5.58. The van der Waals surface area contributed by atoms with Gasteiger partial charge in [-0.3, -0.25) is 10.1 Å². The zero-order chi connectivity index (χ0) is 26.3. The number of furan rings is 1. The summed E-state index contributed by atoms with van der Waals surface area (Å²) in [6.07, 6.45) is 1.47. The molecule has 0 saturated carbocycles. The van der Waals surface area contributed by atoms with Crippen LogP contribution in [0.1, 0.15) is 11.3 Å². The molecule has 188 valence electrons. The van der Waals surface area contributed by atoms with Crippen molar-refractivity contribution < 1.29 is 9.34 Å². The lowest BCUT2D eigenvalue weighted by atomic mass is 10.1. The number of aryl methyl sites for hydroxylation is 1. The summed E-state index contributed by atoms with van der Waals surface area (Å²) in [4.78, 5) is 24.0. The molecule has 0 aliphatic carbocycles. The summed E-state index contributed by atoms with van der Waals surface area (Å²) in [6.45, 7) is 1.86. The minimum absolute atomic E-state index is 0.00597. The fourth-order valence-electron chi connectivity index (χ4n) is 3.55. The molecule has 2 heterocycles. The van der Waals surface area contributed by atoms with Crippen molar-refractivity contribution in [3.8, 4) is 11.3 Å². The van der Waals surface area contributed by atoms with E-state index in [0.29, 0.717) is 29.0 Å². The maximum absolute atomic E-state index is 11.1. The molecule has 11 heteroatoms. The third-order valence-corrected chi connectivity index (χ3v) is 5.38. The lowest BCUT2D eigenvalue weighted by molar-refractivity contribution is -0.384. The van der Waals surface area contributed by atoms with Crippen molar-refractivity contribution in [2.24, 2.45) is 5.10 Å². The number of anilines is 5. The molecular formula is C27H22N8O3. The summed E-state index contributed by atoms with van der Waals surface area (Å²) in [5, 5.41) is 21.7. The van der Waals surface area contributed by atoms with E-state index in [2.05, 4.69) is 36.1 Å². The van der Waals surface area contributed by atoms with Gasteiger partial charge >= 0.3 is 0 Å². The average Bonchev–Trinajstić information content (AvgIpc) is 3.38. The van der Waals surface area contributed by atoms with Gasteiger partial charge in [-0.1, -0.05) is 42.5 Å². The Bertz CT molecular complexity index is 1530. The minimum Gasteiger partial charge on any atom is -0.455 e. The van der Waals surface area contributed by atoms with Crippen LogP contribution in [0.15, 0.2) is 101 Å². The quantitative estimate of drug-likeness (QED) is 0.119. The molecule has 5 rings (SSSR count). The number of benzene rings is 3. The van der Waals surface area contributed by atoms with E-state index in [9.17, 15) is 10.1 Å². The summed E-state index contributed by atoms with van der Waals surface area (Å²) in [5.41, 5.74) is 5.93. The van der Waals surface area contributed by atoms with Crippen LogP contribution in [0.3, 0.4) is 0 Å². The van der Waals surface area contributed by atoms with Gasteiger partial charge in [0.15, 0.2) is 0 Å². The highest BCUT2D eigenvalue weighted by Gasteiger charge is 2.13. The van der Waals surface area contributed by atoms with Crippen molar-refractivity contribution in [2.45, 2.75) is 6.92 Å². The van der Waals surface area contributed by atoms with Crippen LogP contribution >= 0.6 is 0 Å². The van der Waals surface area contributed by atoms with E-state index in [4.69, 9.17) is 4.42 Å². The van der Waals surface area contributed by atoms with E-state index in [0.717, 1.165) is 16.9 Å². The second-order valence-corrected chi connectivity index (χ2v) is 8.12. The van der Waals surface area contributed by atoms with Gasteiger partial charge in [0.1, 0.15) is 11.5 Å². The van der Waals surface area contributed by atoms with Crippen molar-refractivity contribution >= 4 is 41.1 Å². The van der Waals surface area contributed by atoms with Crippen molar-refractivity contribution in [3.63, 3.8) is 0 Å². The highest BCUT2D eigenvalue weighted by Crippen LogP contribution is 2.29. The highest BCUT2D eigenvalue weighted by molar-refractivity contribution is 5.78. The molecule has 0 saturated heterocycles. The smallest absolute Gasteiger partial charge is 0.270 e. The molecule has 38 heavy (non-hydrogen) atoms. The van der Waals surface area contributed by atoms with Gasteiger partial charge in [-0.25, -0.2) is 5.43 Å². The minimum atomic E-state index is -0.436. The fraction of sp³-hybridized carbons (Fsp3) is 0.0370. The molecule has 3 aromatic carbocycles. The normalized spacial score (nSPS) is 10.9. The second-order valence-electron chi connectivity index (χ2n) is 8.12. The Kier molecular flexibility index (Phi) is 6.98. The molecule has 0 aliphatic heterocycles. The number of nitro benzene ring substituents is 1. The number of nitrogens with one attached hydrogen (secondary N) is 3. The third-order valence-electron chi connectivity index (χ3n) is 5.38. The Morgan fingerprint density at radius 2 is 1.42 bits per heavy atom. The molecule has 0 unspecified atom stereocenters. The van der Waals surface area contributed by atoms with Gasteiger partial charge in [-0.05, 0) is 48.9 Å². The average molecular weight is 507 g/mol. The molecule has 11 nitrogen and oxygen atoms in total. The van der Waals surface area contributed by atoms with E-state index in [1.54, 1.807) is 18.2 Å². The second kappa shape index (κ2) is 11.0. The van der Waals surface area contributed by atoms with Crippen LogP contribution in [0.4, 0.5) is 34.9 Å². The molecular weight excluding hydrogens is 484 g/mol. The number of non-ortho nitro benzene ring substituents is 1. The number of rotatable bonds is 9. The number of para-hydroxylation sites is 2. The number of aromatic nitrogens is 3. The highest BCUT2D eigenvalue weighted by atomic mass is 16.6. The zero-order valence-corrected chi connectivity index (χ0v) is 20.2. The summed E-state index contributed by atoms with van der Waals surface area (Å²) in [5.74, 6) is 1.79.